The number of aliphatic hydroxyl groups is 1. The molecule has 2 N–H and O–H groups in total. The van der Waals surface area contributed by atoms with Crippen LogP contribution in [0.4, 0.5) is 0 Å². The minimum atomic E-state index is -0.0637. The van der Waals surface area contributed by atoms with E-state index in [0.717, 1.165) is 24.3 Å². The zero-order chi connectivity index (χ0) is 12.2. The number of nitrogens with one attached hydrogen (secondary N) is 1. The third-order valence-corrected chi connectivity index (χ3v) is 6.44. The minimum Gasteiger partial charge on any atom is -0.391 e. The summed E-state index contributed by atoms with van der Waals surface area (Å²) in [5, 5.41) is 14.6. The molecule has 2 unspecified atom stereocenters. The summed E-state index contributed by atoms with van der Waals surface area (Å²) < 4.78 is 0. The van der Waals surface area contributed by atoms with Gasteiger partial charge in [0.2, 0.25) is 0 Å². The lowest BCUT2D eigenvalue weighted by Gasteiger charge is -2.59. The van der Waals surface area contributed by atoms with Crippen molar-refractivity contribution in [2.45, 2.75) is 69.9 Å². The summed E-state index contributed by atoms with van der Waals surface area (Å²) in [6, 6.07) is 0.398. The number of rotatable bonds is 2. The van der Waals surface area contributed by atoms with Crippen molar-refractivity contribution in [1.82, 2.24) is 5.32 Å². The molecule has 5 aliphatic rings. The van der Waals surface area contributed by atoms with E-state index in [-0.39, 0.29) is 18.5 Å². The Hall–Kier alpha value is 0.210. The third-order valence-electron chi connectivity index (χ3n) is 6.44. The van der Waals surface area contributed by atoms with Crippen molar-refractivity contribution in [3.63, 3.8) is 0 Å². The van der Waals surface area contributed by atoms with Crippen LogP contribution in [0.5, 0.6) is 0 Å². The van der Waals surface area contributed by atoms with Crippen LogP contribution in [-0.2, 0) is 0 Å². The number of halogens is 1. The minimum absolute atomic E-state index is 0. The highest BCUT2D eigenvalue weighted by molar-refractivity contribution is 5.85. The number of hydrogen-bond acceptors (Lipinski definition) is 2. The normalized spacial score (nSPS) is 49.7. The summed E-state index contributed by atoms with van der Waals surface area (Å²) in [6.45, 7) is 1.12. The molecular formula is C16H28ClNO. The van der Waals surface area contributed by atoms with Gasteiger partial charge in [0.15, 0.2) is 0 Å². The van der Waals surface area contributed by atoms with E-state index < -0.39 is 0 Å². The number of aliphatic hydroxyl groups excluding tert-OH is 1. The lowest BCUT2D eigenvalue weighted by Crippen LogP contribution is -2.58. The Morgan fingerprint density at radius 2 is 1.53 bits per heavy atom. The van der Waals surface area contributed by atoms with Gasteiger partial charge < -0.3 is 10.4 Å². The molecule has 5 rings (SSSR count). The maximum absolute atomic E-state index is 11.0. The first-order valence-electron chi connectivity index (χ1n) is 8.17. The van der Waals surface area contributed by atoms with Gasteiger partial charge >= 0.3 is 0 Å². The van der Waals surface area contributed by atoms with Gasteiger partial charge in [0.05, 0.1) is 6.10 Å². The Morgan fingerprint density at radius 3 is 2.00 bits per heavy atom. The van der Waals surface area contributed by atoms with Gasteiger partial charge in [-0.05, 0) is 81.1 Å². The molecule has 110 valence electrons. The average molecular weight is 286 g/mol. The Labute approximate surface area is 123 Å². The molecule has 5 fully saturated rings. The summed E-state index contributed by atoms with van der Waals surface area (Å²) in [4.78, 5) is 0. The second-order valence-corrected chi connectivity index (χ2v) is 7.78. The lowest BCUT2D eigenvalue weighted by atomic mass is 9.47. The summed E-state index contributed by atoms with van der Waals surface area (Å²) >= 11 is 0. The first-order valence-corrected chi connectivity index (χ1v) is 8.17. The monoisotopic (exact) mass is 285 g/mol. The maximum Gasteiger partial charge on any atom is 0.0749 e. The molecule has 1 heterocycles. The van der Waals surface area contributed by atoms with E-state index in [4.69, 9.17) is 0 Å². The molecule has 4 aliphatic carbocycles. The highest BCUT2D eigenvalue weighted by atomic mass is 35.5. The molecule has 0 spiro atoms. The van der Waals surface area contributed by atoms with Crippen LogP contribution in [0, 0.1) is 23.2 Å². The second kappa shape index (κ2) is 5.20. The van der Waals surface area contributed by atoms with Gasteiger partial charge in [-0.15, -0.1) is 12.4 Å². The van der Waals surface area contributed by atoms with Crippen LogP contribution in [0.1, 0.15) is 57.8 Å². The topological polar surface area (TPSA) is 32.3 Å². The van der Waals surface area contributed by atoms with Crippen molar-refractivity contribution in [2.75, 3.05) is 6.54 Å². The van der Waals surface area contributed by atoms with E-state index in [1.165, 1.54) is 57.8 Å². The second-order valence-electron chi connectivity index (χ2n) is 7.78. The van der Waals surface area contributed by atoms with E-state index in [1.807, 2.05) is 0 Å². The van der Waals surface area contributed by atoms with E-state index in [9.17, 15) is 5.11 Å². The first kappa shape index (κ1) is 14.2. The fraction of sp³-hybridized carbons (Fsp3) is 1.00. The van der Waals surface area contributed by atoms with Gasteiger partial charge in [-0.25, -0.2) is 0 Å². The van der Waals surface area contributed by atoms with E-state index in [1.54, 1.807) is 0 Å². The van der Waals surface area contributed by atoms with Crippen molar-refractivity contribution in [3.05, 3.63) is 0 Å². The van der Waals surface area contributed by atoms with Crippen molar-refractivity contribution >= 4 is 12.4 Å². The molecule has 19 heavy (non-hydrogen) atoms. The molecule has 4 saturated carbocycles. The molecule has 0 radical (unpaired) electrons. The molecule has 0 amide bonds. The smallest absolute Gasteiger partial charge is 0.0749 e. The number of hydrogen-bond donors (Lipinski definition) is 2. The van der Waals surface area contributed by atoms with Gasteiger partial charge in [0, 0.05) is 6.04 Å². The van der Waals surface area contributed by atoms with Gasteiger partial charge in [0.25, 0.3) is 0 Å². The van der Waals surface area contributed by atoms with Crippen LogP contribution in [0.3, 0.4) is 0 Å². The van der Waals surface area contributed by atoms with Crippen LogP contribution in [0.15, 0.2) is 0 Å². The van der Waals surface area contributed by atoms with Crippen LogP contribution in [0.2, 0.25) is 0 Å². The van der Waals surface area contributed by atoms with Gasteiger partial charge in [-0.1, -0.05) is 6.42 Å². The molecule has 4 bridgehead atoms. The molecule has 2 nitrogen and oxygen atoms in total. The molecule has 2 atom stereocenters. The van der Waals surface area contributed by atoms with Gasteiger partial charge in [-0.3, -0.25) is 0 Å². The Kier molecular flexibility index (Phi) is 3.87. The zero-order valence-corrected chi connectivity index (χ0v) is 12.6. The van der Waals surface area contributed by atoms with Crippen molar-refractivity contribution in [3.8, 4) is 0 Å². The number of piperidine rings is 1. The molecule has 0 aromatic heterocycles. The largest absolute Gasteiger partial charge is 0.391 e. The summed E-state index contributed by atoms with van der Waals surface area (Å²) in [7, 11) is 0. The Bertz CT molecular complexity index is 291. The van der Waals surface area contributed by atoms with Crippen LogP contribution >= 0.6 is 12.4 Å². The van der Waals surface area contributed by atoms with E-state index >= 15 is 0 Å². The maximum atomic E-state index is 11.0. The van der Waals surface area contributed by atoms with Crippen molar-refractivity contribution in [2.24, 2.45) is 23.2 Å². The van der Waals surface area contributed by atoms with Crippen molar-refractivity contribution in [1.29, 1.82) is 0 Å². The fourth-order valence-corrected chi connectivity index (χ4v) is 6.11. The average Bonchev–Trinajstić information content (AvgIpc) is 2.37. The Balaban J connectivity index is 0.00000110. The quantitative estimate of drug-likeness (QED) is 0.817. The highest BCUT2D eigenvalue weighted by Gasteiger charge is 2.55. The third kappa shape index (κ3) is 2.34. The molecule has 3 heteroatoms. The molecule has 0 aromatic rings. The van der Waals surface area contributed by atoms with Crippen molar-refractivity contribution < 1.29 is 5.11 Å². The molecule has 0 aromatic carbocycles. The predicted octanol–water partition coefficient (Wildman–Crippen LogP) is 3.13. The fourth-order valence-electron chi connectivity index (χ4n) is 6.11. The standard InChI is InChI=1S/C16H27NO.ClH/c18-15(14-3-1-2-4-17-14)16-8-11-5-12(9-16)7-13(6-11)10-16;/h11-15,17-18H,1-10H2;1H. The highest BCUT2D eigenvalue weighted by Crippen LogP contribution is 2.61. The molecule has 1 saturated heterocycles. The lowest BCUT2D eigenvalue weighted by molar-refractivity contribution is -0.132. The van der Waals surface area contributed by atoms with E-state index in [0.29, 0.717) is 11.5 Å². The van der Waals surface area contributed by atoms with Crippen LogP contribution < -0.4 is 5.32 Å². The summed E-state index contributed by atoms with van der Waals surface area (Å²) in [5.74, 6) is 2.86. The predicted molar refractivity (Wildman–Crippen MR) is 79.5 cm³/mol. The van der Waals surface area contributed by atoms with Gasteiger partial charge in [-0.2, -0.15) is 0 Å². The van der Waals surface area contributed by atoms with Crippen LogP contribution in [-0.4, -0.2) is 23.8 Å². The first-order chi connectivity index (χ1) is 8.75. The SMILES string of the molecule is Cl.OC(C1CCCCN1)C12CC3CC(CC(C3)C1)C2. The van der Waals surface area contributed by atoms with Crippen LogP contribution in [0.25, 0.3) is 0 Å². The summed E-state index contributed by atoms with van der Waals surface area (Å²) in [5.41, 5.74) is 0.309. The summed E-state index contributed by atoms with van der Waals surface area (Å²) in [6.07, 6.45) is 12.2. The zero-order valence-electron chi connectivity index (χ0n) is 11.8. The molecule has 1 aliphatic heterocycles. The van der Waals surface area contributed by atoms with E-state index in [2.05, 4.69) is 5.32 Å². The Morgan fingerprint density at radius 1 is 0.947 bits per heavy atom. The van der Waals surface area contributed by atoms with Gasteiger partial charge in [0.1, 0.15) is 0 Å². The molecular weight excluding hydrogens is 258 g/mol.